The third-order valence-corrected chi connectivity index (χ3v) is 6.31. The molecule has 4 rings (SSSR count). The van der Waals surface area contributed by atoms with Gasteiger partial charge in [-0.3, -0.25) is 9.69 Å². The van der Waals surface area contributed by atoms with E-state index in [9.17, 15) is 9.18 Å². The summed E-state index contributed by atoms with van der Waals surface area (Å²) in [5.74, 6) is 0.838. The van der Waals surface area contributed by atoms with Crippen LogP contribution >= 0.6 is 11.6 Å². The van der Waals surface area contributed by atoms with Gasteiger partial charge in [0.2, 0.25) is 0 Å². The molecule has 0 bridgehead atoms. The minimum atomic E-state index is -0.348. The Morgan fingerprint density at radius 2 is 1.88 bits per heavy atom. The molecule has 0 atom stereocenters. The largest absolute Gasteiger partial charge is 0.488 e. The first-order chi connectivity index (χ1) is 15.8. The third kappa shape index (κ3) is 5.37. The van der Waals surface area contributed by atoms with Crippen LogP contribution in [0.2, 0.25) is 5.02 Å². The Labute approximate surface area is 197 Å². The summed E-state index contributed by atoms with van der Waals surface area (Å²) in [6.07, 6.45) is 0. The second kappa shape index (κ2) is 9.93. The molecule has 2 aromatic carbocycles. The molecule has 0 unspecified atom stereocenters. The van der Waals surface area contributed by atoms with Gasteiger partial charge in [0.05, 0.1) is 5.56 Å². The maximum Gasteiger partial charge on any atom is 0.276 e. The molecule has 0 aliphatic carbocycles. The molecule has 2 heterocycles. The number of amides is 1. The SMILES string of the molecule is Cc1ccc(OCc2c(C(=O)N3CCN(Cc4ccc(F)cc4Cl)CC3)noc2C)c(C)c1. The van der Waals surface area contributed by atoms with Crippen molar-refractivity contribution in [2.75, 3.05) is 26.2 Å². The monoisotopic (exact) mass is 471 g/mol. The zero-order valence-electron chi connectivity index (χ0n) is 19.0. The summed E-state index contributed by atoms with van der Waals surface area (Å²) in [5, 5.41) is 4.45. The van der Waals surface area contributed by atoms with Crippen LogP contribution in [0.4, 0.5) is 4.39 Å². The molecule has 174 valence electrons. The maximum absolute atomic E-state index is 13.3. The van der Waals surface area contributed by atoms with Gasteiger partial charge in [-0.05, 0) is 50.1 Å². The highest BCUT2D eigenvalue weighted by Gasteiger charge is 2.28. The Balaban J connectivity index is 1.38. The van der Waals surface area contributed by atoms with Crippen LogP contribution in [-0.4, -0.2) is 47.0 Å². The number of piperazine rings is 1. The van der Waals surface area contributed by atoms with Crippen molar-refractivity contribution in [3.8, 4) is 5.75 Å². The van der Waals surface area contributed by atoms with Crippen molar-refractivity contribution < 1.29 is 18.4 Å². The number of ether oxygens (including phenoxy) is 1. The van der Waals surface area contributed by atoms with E-state index in [0.717, 1.165) is 22.4 Å². The lowest BCUT2D eigenvalue weighted by Gasteiger charge is -2.34. The van der Waals surface area contributed by atoms with E-state index in [-0.39, 0.29) is 18.3 Å². The molecular weight excluding hydrogens is 445 g/mol. The van der Waals surface area contributed by atoms with Gasteiger partial charge >= 0.3 is 0 Å². The molecule has 6 nitrogen and oxygen atoms in total. The number of hydrogen-bond donors (Lipinski definition) is 0. The average Bonchev–Trinajstić information content (AvgIpc) is 3.15. The lowest BCUT2D eigenvalue weighted by Crippen LogP contribution is -2.48. The van der Waals surface area contributed by atoms with Crippen molar-refractivity contribution in [2.45, 2.75) is 33.9 Å². The summed E-state index contributed by atoms with van der Waals surface area (Å²) in [5.41, 5.74) is 4.04. The molecular formula is C25H27ClFN3O3. The number of carbonyl (C=O) groups excluding carboxylic acids is 1. The van der Waals surface area contributed by atoms with Gasteiger partial charge in [0.25, 0.3) is 5.91 Å². The highest BCUT2D eigenvalue weighted by Crippen LogP contribution is 2.24. The fourth-order valence-electron chi connectivity index (χ4n) is 3.99. The third-order valence-electron chi connectivity index (χ3n) is 5.96. The van der Waals surface area contributed by atoms with Crippen molar-refractivity contribution in [3.05, 3.63) is 80.9 Å². The molecule has 0 saturated carbocycles. The first-order valence-corrected chi connectivity index (χ1v) is 11.3. The zero-order valence-corrected chi connectivity index (χ0v) is 19.8. The number of aryl methyl sites for hydroxylation is 3. The van der Waals surface area contributed by atoms with Gasteiger partial charge in [-0.2, -0.15) is 0 Å². The Bertz CT molecular complexity index is 1160. The van der Waals surface area contributed by atoms with E-state index in [1.54, 1.807) is 17.9 Å². The smallest absolute Gasteiger partial charge is 0.276 e. The Morgan fingerprint density at radius 1 is 1.12 bits per heavy atom. The second-order valence-corrected chi connectivity index (χ2v) is 8.83. The number of rotatable bonds is 6. The first kappa shape index (κ1) is 23.3. The maximum atomic E-state index is 13.3. The van der Waals surface area contributed by atoms with E-state index < -0.39 is 0 Å². The number of nitrogens with zero attached hydrogens (tertiary/aromatic N) is 3. The van der Waals surface area contributed by atoms with Crippen LogP contribution in [-0.2, 0) is 13.2 Å². The van der Waals surface area contributed by atoms with E-state index in [1.165, 1.54) is 12.1 Å². The number of aromatic nitrogens is 1. The van der Waals surface area contributed by atoms with Crippen LogP contribution in [0.3, 0.4) is 0 Å². The quantitative estimate of drug-likeness (QED) is 0.510. The Kier molecular flexibility index (Phi) is 7.00. The number of hydrogen-bond acceptors (Lipinski definition) is 5. The molecule has 1 aliphatic heterocycles. The molecule has 0 N–H and O–H groups in total. The van der Waals surface area contributed by atoms with Crippen LogP contribution in [0.15, 0.2) is 40.9 Å². The van der Waals surface area contributed by atoms with Crippen molar-refractivity contribution in [1.29, 1.82) is 0 Å². The molecule has 33 heavy (non-hydrogen) atoms. The molecule has 3 aromatic rings. The van der Waals surface area contributed by atoms with Crippen LogP contribution in [0.1, 0.15) is 38.5 Å². The van der Waals surface area contributed by atoms with E-state index in [0.29, 0.717) is 54.8 Å². The summed E-state index contributed by atoms with van der Waals surface area (Å²) in [6.45, 7) is 9.12. The molecule has 1 fully saturated rings. The van der Waals surface area contributed by atoms with E-state index >= 15 is 0 Å². The molecule has 1 aliphatic rings. The van der Waals surface area contributed by atoms with Gasteiger partial charge in [-0.15, -0.1) is 0 Å². The van der Waals surface area contributed by atoms with Crippen LogP contribution in [0.25, 0.3) is 0 Å². The predicted octanol–water partition coefficient (Wildman–Crippen LogP) is 4.93. The lowest BCUT2D eigenvalue weighted by atomic mass is 10.1. The highest BCUT2D eigenvalue weighted by molar-refractivity contribution is 6.31. The van der Waals surface area contributed by atoms with Gasteiger partial charge in [0.15, 0.2) is 5.69 Å². The molecule has 8 heteroatoms. The average molecular weight is 472 g/mol. The summed E-state index contributed by atoms with van der Waals surface area (Å²) in [4.78, 5) is 17.2. The number of halogens is 2. The zero-order chi connectivity index (χ0) is 23.5. The standard InChI is InChI=1S/C25H27ClFN3O3/c1-16-4-7-23(17(2)12-16)32-15-21-18(3)33-28-24(21)25(31)30-10-8-29(9-11-30)14-19-5-6-20(27)13-22(19)26/h4-7,12-13H,8-11,14-15H2,1-3H3. The summed E-state index contributed by atoms with van der Waals surface area (Å²) >= 11 is 6.16. The highest BCUT2D eigenvalue weighted by atomic mass is 35.5. The first-order valence-electron chi connectivity index (χ1n) is 10.9. The Hall–Kier alpha value is -2.90. The van der Waals surface area contributed by atoms with Crippen molar-refractivity contribution >= 4 is 17.5 Å². The summed E-state index contributed by atoms with van der Waals surface area (Å²) < 4.78 is 24.6. The normalized spacial score (nSPS) is 14.5. The topological polar surface area (TPSA) is 58.8 Å². The predicted molar refractivity (Wildman–Crippen MR) is 124 cm³/mol. The molecule has 0 radical (unpaired) electrons. The van der Waals surface area contributed by atoms with Crippen LogP contribution in [0.5, 0.6) is 5.75 Å². The minimum Gasteiger partial charge on any atom is -0.488 e. The van der Waals surface area contributed by atoms with Crippen LogP contribution < -0.4 is 4.74 Å². The van der Waals surface area contributed by atoms with Crippen molar-refractivity contribution in [3.63, 3.8) is 0 Å². The van der Waals surface area contributed by atoms with Crippen molar-refractivity contribution in [2.24, 2.45) is 0 Å². The molecule has 1 amide bonds. The second-order valence-electron chi connectivity index (χ2n) is 8.43. The lowest BCUT2D eigenvalue weighted by molar-refractivity contribution is 0.0616. The Morgan fingerprint density at radius 3 is 2.58 bits per heavy atom. The van der Waals surface area contributed by atoms with E-state index in [4.69, 9.17) is 20.9 Å². The van der Waals surface area contributed by atoms with Gasteiger partial charge in [-0.1, -0.05) is 40.5 Å². The van der Waals surface area contributed by atoms with Crippen LogP contribution in [0, 0.1) is 26.6 Å². The van der Waals surface area contributed by atoms with Crippen molar-refractivity contribution in [1.82, 2.24) is 15.0 Å². The fourth-order valence-corrected chi connectivity index (χ4v) is 4.22. The van der Waals surface area contributed by atoms with Gasteiger partial charge in [0.1, 0.15) is 23.9 Å². The number of carbonyl (C=O) groups is 1. The molecule has 1 saturated heterocycles. The minimum absolute atomic E-state index is 0.162. The van der Waals surface area contributed by atoms with Gasteiger partial charge < -0.3 is 14.2 Å². The molecule has 0 spiro atoms. The fraction of sp³-hybridized carbons (Fsp3) is 0.360. The van der Waals surface area contributed by atoms with Gasteiger partial charge in [-0.25, -0.2) is 4.39 Å². The van der Waals surface area contributed by atoms with E-state index in [2.05, 4.69) is 16.1 Å². The number of benzene rings is 2. The molecule has 1 aromatic heterocycles. The summed E-state index contributed by atoms with van der Waals surface area (Å²) in [7, 11) is 0. The summed E-state index contributed by atoms with van der Waals surface area (Å²) in [6, 6.07) is 10.4. The van der Waals surface area contributed by atoms with Gasteiger partial charge in [0, 0.05) is 37.7 Å². The van der Waals surface area contributed by atoms with E-state index in [1.807, 2.05) is 26.0 Å².